The molecular weight excluding hydrogens is 239 g/mol. The van der Waals surface area contributed by atoms with E-state index in [1.807, 2.05) is 12.1 Å². The van der Waals surface area contributed by atoms with Crippen LogP contribution in [0.1, 0.15) is 44.6 Å². The van der Waals surface area contributed by atoms with Crippen LogP contribution >= 0.6 is 0 Å². The van der Waals surface area contributed by atoms with Gasteiger partial charge in [-0.15, -0.1) is 0 Å². The van der Waals surface area contributed by atoms with E-state index in [4.69, 9.17) is 0 Å². The highest BCUT2D eigenvalue weighted by atomic mass is 19.1. The number of benzene rings is 1. The van der Waals surface area contributed by atoms with E-state index in [0.717, 1.165) is 17.8 Å². The average molecular weight is 264 g/mol. The van der Waals surface area contributed by atoms with E-state index in [9.17, 15) is 4.39 Å². The summed E-state index contributed by atoms with van der Waals surface area (Å²) in [4.78, 5) is 2.18. The molecule has 0 aliphatic heterocycles. The molecule has 0 radical (unpaired) electrons. The fourth-order valence-corrected chi connectivity index (χ4v) is 2.33. The summed E-state index contributed by atoms with van der Waals surface area (Å²) in [5.74, 6) is -0.0898. The van der Waals surface area contributed by atoms with Crippen molar-refractivity contribution >= 4 is 5.69 Å². The van der Waals surface area contributed by atoms with Crippen molar-refractivity contribution in [3.63, 3.8) is 0 Å². The summed E-state index contributed by atoms with van der Waals surface area (Å²) in [5, 5.41) is 3.41. The largest absolute Gasteiger partial charge is 0.374 e. The topological polar surface area (TPSA) is 15.3 Å². The van der Waals surface area contributed by atoms with E-state index in [2.05, 4.69) is 24.2 Å². The Morgan fingerprint density at radius 2 is 2.11 bits per heavy atom. The molecule has 1 aromatic rings. The van der Waals surface area contributed by atoms with Crippen molar-refractivity contribution in [2.24, 2.45) is 0 Å². The summed E-state index contributed by atoms with van der Waals surface area (Å²) in [7, 11) is 2.06. The minimum Gasteiger partial charge on any atom is -0.374 e. The van der Waals surface area contributed by atoms with Crippen molar-refractivity contribution in [2.75, 3.05) is 18.5 Å². The van der Waals surface area contributed by atoms with Gasteiger partial charge in [0.25, 0.3) is 0 Å². The molecule has 2 rings (SSSR count). The normalized spacial score (nSPS) is 14.7. The van der Waals surface area contributed by atoms with Gasteiger partial charge in [-0.2, -0.15) is 0 Å². The lowest BCUT2D eigenvalue weighted by Gasteiger charge is -2.23. The molecule has 1 aliphatic rings. The highest BCUT2D eigenvalue weighted by molar-refractivity contribution is 5.53. The second-order valence-electron chi connectivity index (χ2n) is 5.52. The second kappa shape index (κ2) is 6.90. The van der Waals surface area contributed by atoms with Gasteiger partial charge in [-0.3, -0.25) is 0 Å². The molecule has 1 aliphatic carbocycles. The molecule has 0 saturated heterocycles. The van der Waals surface area contributed by atoms with E-state index in [1.54, 1.807) is 6.07 Å². The zero-order chi connectivity index (χ0) is 13.7. The Balaban J connectivity index is 2.01. The van der Waals surface area contributed by atoms with E-state index in [0.29, 0.717) is 12.6 Å². The lowest BCUT2D eigenvalue weighted by Crippen LogP contribution is -2.23. The second-order valence-corrected chi connectivity index (χ2v) is 5.52. The predicted octanol–water partition coefficient (Wildman–Crippen LogP) is 3.70. The molecule has 106 valence electrons. The smallest absolute Gasteiger partial charge is 0.129 e. The van der Waals surface area contributed by atoms with Crippen LogP contribution in [0.5, 0.6) is 0 Å². The van der Waals surface area contributed by atoms with Crippen LogP contribution in [0.2, 0.25) is 0 Å². The Kier molecular flexibility index (Phi) is 5.20. The first-order chi connectivity index (χ1) is 9.22. The van der Waals surface area contributed by atoms with Crippen LogP contribution in [0.15, 0.2) is 18.2 Å². The van der Waals surface area contributed by atoms with Crippen molar-refractivity contribution in [2.45, 2.75) is 51.6 Å². The van der Waals surface area contributed by atoms with Crippen LogP contribution in [0, 0.1) is 5.82 Å². The maximum absolute atomic E-state index is 14.0. The molecule has 1 N–H and O–H groups in total. The first-order valence-corrected chi connectivity index (χ1v) is 7.44. The highest BCUT2D eigenvalue weighted by Gasteiger charge is 2.21. The van der Waals surface area contributed by atoms with Crippen LogP contribution in [-0.2, 0) is 6.54 Å². The van der Waals surface area contributed by atoms with Gasteiger partial charge in [-0.05, 0) is 31.4 Å². The molecular formula is C16H25FN2. The molecule has 1 saturated carbocycles. The summed E-state index contributed by atoms with van der Waals surface area (Å²) < 4.78 is 14.0. The average Bonchev–Trinajstić information content (AvgIpc) is 3.21. The lowest BCUT2D eigenvalue weighted by molar-refractivity contribution is 0.585. The number of nitrogens with zero attached hydrogens (tertiary/aromatic N) is 1. The third kappa shape index (κ3) is 4.20. The zero-order valence-electron chi connectivity index (χ0n) is 12.1. The quantitative estimate of drug-likeness (QED) is 0.720. The highest BCUT2D eigenvalue weighted by Crippen LogP contribution is 2.25. The Hall–Kier alpha value is -1.09. The van der Waals surface area contributed by atoms with Gasteiger partial charge in [0.05, 0.1) is 0 Å². The number of nitrogens with one attached hydrogen (secondary N) is 1. The third-order valence-corrected chi connectivity index (χ3v) is 3.75. The maximum Gasteiger partial charge on any atom is 0.129 e. The molecule has 0 aromatic heterocycles. The minimum atomic E-state index is -0.0898. The van der Waals surface area contributed by atoms with Crippen molar-refractivity contribution in [1.29, 1.82) is 0 Å². The number of unbranched alkanes of at least 4 members (excludes halogenated alkanes) is 2. The van der Waals surface area contributed by atoms with Gasteiger partial charge in [0.1, 0.15) is 5.82 Å². The molecule has 0 atom stereocenters. The molecule has 2 nitrogen and oxygen atoms in total. The van der Waals surface area contributed by atoms with E-state index in [1.165, 1.54) is 32.1 Å². The first-order valence-electron chi connectivity index (χ1n) is 7.44. The van der Waals surface area contributed by atoms with Crippen molar-refractivity contribution in [3.8, 4) is 0 Å². The van der Waals surface area contributed by atoms with Crippen LogP contribution in [0.3, 0.4) is 0 Å². The van der Waals surface area contributed by atoms with Crippen molar-refractivity contribution in [3.05, 3.63) is 29.6 Å². The van der Waals surface area contributed by atoms with E-state index in [-0.39, 0.29) is 5.82 Å². The molecule has 0 bridgehead atoms. The van der Waals surface area contributed by atoms with Crippen molar-refractivity contribution < 1.29 is 4.39 Å². The fourth-order valence-electron chi connectivity index (χ4n) is 2.33. The SMILES string of the molecule is CCCCCN(C)c1cccc(F)c1CNC1CC1. The monoisotopic (exact) mass is 264 g/mol. The van der Waals surface area contributed by atoms with E-state index < -0.39 is 0 Å². The number of halogens is 1. The minimum absolute atomic E-state index is 0.0898. The number of anilines is 1. The summed E-state index contributed by atoms with van der Waals surface area (Å²) in [6.07, 6.45) is 6.08. The summed E-state index contributed by atoms with van der Waals surface area (Å²) in [6.45, 7) is 3.84. The third-order valence-electron chi connectivity index (χ3n) is 3.75. The molecule has 1 aromatic carbocycles. The number of hydrogen-bond donors (Lipinski definition) is 1. The molecule has 1 fully saturated rings. The van der Waals surface area contributed by atoms with Crippen molar-refractivity contribution in [1.82, 2.24) is 5.32 Å². The molecule has 0 unspecified atom stereocenters. The predicted molar refractivity (Wildman–Crippen MR) is 79.1 cm³/mol. The molecule has 0 amide bonds. The van der Waals surface area contributed by atoms with Crippen LogP contribution in [0.25, 0.3) is 0 Å². The Labute approximate surface area is 116 Å². The molecule has 19 heavy (non-hydrogen) atoms. The first kappa shape index (κ1) is 14.3. The standard InChI is InChI=1S/C16H25FN2/c1-3-4-5-11-19(2)16-8-6-7-15(17)14(16)12-18-13-9-10-13/h6-8,13,18H,3-5,9-12H2,1-2H3. The number of rotatable bonds is 8. The number of hydrogen-bond acceptors (Lipinski definition) is 2. The maximum atomic E-state index is 14.0. The zero-order valence-corrected chi connectivity index (χ0v) is 12.1. The lowest BCUT2D eigenvalue weighted by atomic mass is 10.1. The van der Waals surface area contributed by atoms with Gasteiger partial charge >= 0.3 is 0 Å². The summed E-state index contributed by atoms with van der Waals surface area (Å²) in [5.41, 5.74) is 1.85. The van der Waals surface area contributed by atoms with Gasteiger partial charge in [0.15, 0.2) is 0 Å². The van der Waals surface area contributed by atoms with E-state index >= 15 is 0 Å². The Morgan fingerprint density at radius 1 is 1.32 bits per heavy atom. The van der Waals surface area contributed by atoms with Gasteiger partial charge in [-0.1, -0.05) is 25.8 Å². The fraction of sp³-hybridized carbons (Fsp3) is 0.625. The van der Waals surface area contributed by atoms with Gasteiger partial charge < -0.3 is 10.2 Å². The molecule has 0 spiro atoms. The molecule has 3 heteroatoms. The molecule has 0 heterocycles. The van der Waals surface area contributed by atoms with Gasteiger partial charge in [-0.25, -0.2) is 4.39 Å². The van der Waals surface area contributed by atoms with Crippen LogP contribution in [-0.4, -0.2) is 19.6 Å². The summed E-state index contributed by atoms with van der Waals surface area (Å²) >= 11 is 0. The Morgan fingerprint density at radius 3 is 2.79 bits per heavy atom. The van der Waals surface area contributed by atoms with Crippen LogP contribution in [0.4, 0.5) is 10.1 Å². The van der Waals surface area contributed by atoms with Crippen LogP contribution < -0.4 is 10.2 Å². The Bertz CT molecular complexity index is 402. The van der Waals surface area contributed by atoms with Gasteiger partial charge in [0, 0.05) is 37.4 Å². The van der Waals surface area contributed by atoms with Gasteiger partial charge in [0.2, 0.25) is 0 Å². The summed E-state index contributed by atoms with van der Waals surface area (Å²) in [6, 6.07) is 6.01.